The van der Waals surface area contributed by atoms with Crippen LogP contribution in [0.5, 0.6) is 5.75 Å². The fourth-order valence-corrected chi connectivity index (χ4v) is 4.46. The Morgan fingerprint density at radius 2 is 1.76 bits per heavy atom. The van der Waals surface area contributed by atoms with Gasteiger partial charge in [-0.2, -0.15) is 0 Å². The molecule has 9 nitrogen and oxygen atoms in total. The van der Waals surface area contributed by atoms with Crippen molar-refractivity contribution in [2.75, 3.05) is 52.8 Å². The SMILES string of the molecule is CC/C=C(\CC)[C@H](C)c1ccc(OCCNCCNCOC(C)C/C=C(\CC)CNC(CCN)C(=O)NCO)cc1. The van der Waals surface area contributed by atoms with Crippen molar-refractivity contribution >= 4 is 5.91 Å². The van der Waals surface area contributed by atoms with Crippen LogP contribution < -0.4 is 31.7 Å². The quantitative estimate of drug-likeness (QED) is 0.0627. The van der Waals surface area contributed by atoms with Gasteiger partial charge in [0, 0.05) is 32.1 Å². The van der Waals surface area contributed by atoms with Crippen molar-refractivity contribution in [1.29, 1.82) is 0 Å². The molecular weight excluding hydrogens is 518 g/mol. The number of nitrogens with one attached hydrogen (secondary N) is 4. The van der Waals surface area contributed by atoms with Gasteiger partial charge >= 0.3 is 0 Å². The molecule has 1 rings (SSSR count). The number of ether oxygens (including phenoxy) is 2. The van der Waals surface area contributed by atoms with Crippen molar-refractivity contribution in [2.45, 2.75) is 84.8 Å². The van der Waals surface area contributed by atoms with E-state index >= 15 is 0 Å². The lowest BCUT2D eigenvalue weighted by molar-refractivity contribution is -0.124. The van der Waals surface area contributed by atoms with Crippen LogP contribution in [-0.2, 0) is 9.53 Å². The monoisotopic (exact) mass is 575 g/mol. The number of allylic oxidation sites excluding steroid dienone is 2. The molecule has 0 heterocycles. The highest BCUT2D eigenvalue weighted by Gasteiger charge is 2.16. The van der Waals surface area contributed by atoms with E-state index in [9.17, 15) is 4.79 Å². The second kappa shape index (κ2) is 23.3. The van der Waals surface area contributed by atoms with Crippen molar-refractivity contribution < 1.29 is 19.4 Å². The van der Waals surface area contributed by atoms with Crippen LogP contribution in [0.1, 0.15) is 78.2 Å². The molecule has 7 N–H and O–H groups in total. The molecule has 41 heavy (non-hydrogen) atoms. The number of carbonyl (C=O) groups excluding carboxylic acids is 1. The third-order valence-electron chi connectivity index (χ3n) is 7.10. The number of hydrogen-bond donors (Lipinski definition) is 6. The van der Waals surface area contributed by atoms with Gasteiger partial charge in [0.1, 0.15) is 19.1 Å². The first kappa shape index (κ1) is 36.8. The summed E-state index contributed by atoms with van der Waals surface area (Å²) in [4.78, 5) is 12.0. The summed E-state index contributed by atoms with van der Waals surface area (Å²) >= 11 is 0. The standard InChI is InChI=1S/C32H57N5O4/c1-6-9-28(8-3)26(5)29-12-14-30(15-13-29)40-21-20-34-18-19-35-24-41-25(4)10-11-27(7-2)22-36-31(16-17-33)32(39)37-23-38/h9,11-15,25-26,31,34-36,38H,6-8,10,16-24,33H2,1-5H3,(H,37,39)/b27-11+,28-9+/t25?,26-,31?/m0/s1. The highest BCUT2D eigenvalue weighted by molar-refractivity contribution is 5.81. The van der Waals surface area contributed by atoms with Gasteiger partial charge in [-0.15, -0.1) is 0 Å². The average molecular weight is 576 g/mol. The van der Waals surface area contributed by atoms with Crippen LogP contribution in [0.2, 0.25) is 0 Å². The largest absolute Gasteiger partial charge is 0.492 e. The van der Waals surface area contributed by atoms with E-state index < -0.39 is 6.04 Å². The molecule has 0 aliphatic carbocycles. The molecule has 9 heteroatoms. The summed E-state index contributed by atoms with van der Waals surface area (Å²) in [5, 5.41) is 21.3. The molecule has 3 atom stereocenters. The molecule has 1 aromatic carbocycles. The number of aliphatic hydroxyl groups is 1. The van der Waals surface area contributed by atoms with E-state index in [-0.39, 0.29) is 18.7 Å². The molecule has 0 fully saturated rings. The van der Waals surface area contributed by atoms with Gasteiger partial charge < -0.3 is 36.3 Å². The molecule has 0 saturated heterocycles. The van der Waals surface area contributed by atoms with E-state index in [4.69, 9.17) is 20.3 Å². The van der Waals surface area contributed by atoms with Crippen LogP contribution >= 0.6 is 0 Å². The van der Waals surface area contributed by atoms with Crippen LogP contribution in [0.15, 0.2) is 47.6 Å². The summed E-state index contributed by atoms with van der Waals surface area (Å²) in [5.74, 6) is 1.11. The molecule has 1 aromatic rings. The van der Waals surface area contributed by atoms with Crippen LogP contribution in [-0.4, -0.2) is 76.0 Å². The molecule has 0 spiro atoms. The number of benzene rings is 1. The van der Waals surface area contributed by atoms with Crippen LogP contribution in [0.25, 0.3) is 0 Å². The van der Waals surface area contributed by atoms with Crippen molar-refractivity contribution in [2.24, 2.45) is 5.73 Å². The fraction of sp³-hybridized carbons (Fsp3) is 0.656. The van der Waals surface area contributed by atoms with Gasteiger partial charge in [-0.05, 0) is 63.3 Å². The van der Waals surface area contributed by atoms with Gasteiger partial charge in [-0.25, -0.2) is 0 Å². The number of nitrogens with two attached hydrogens (primary N) is 1. The van der Waals surface area contributed by atoms with Crippen molar-refractivity contribution in [1.82, 2.24) is 21.3 Å². The Labute approximate surface area is 248 Å². The van der Waals surface area contributed by atoms with Crippen LogP contribution in [0.4, 0.5) is 0 Å². The van der Waals surface area contributed by atoms with Gasteiger partial charge in [0.25, 0.3) is 0 Å². The van der Waals surface area contributed by atoms with Crippen LogP contribution in [0.3, 0.4) is 0 Å². The zero-order valence-electron chi connectivity index (χ0n) is 26.1. The second-order valence-corrected chi connectivity index (χ2v) is 10.2. The third-order valence-corrected chi connectivity index (χ3v) is 7.10. The maximum absolute atomic E-state index is 12.0. The van der Waals surface area contributed by atoms with Crippen molar-refractivity contribution in [3.63, 3.8) is 0 Å². The molecule has 0 saturated carbocycles. The smallest absolute Gasteiger partial charge is 0.238 e. The van der Waals surface area contributed by atoms with E-state index in [2.05, 4.69) is 92.3 Å². The zero-order valence-corrected chi connectivity index (χ0v) is 26.1. The lowest BCUT2D eigenvalue weighted by Crippen LogP contribution is -2.46. The predicted molar refractivity (Wildman–Crippen MR) is 169 cm³/mol. The van der Waals surface area contributed by atoms with Gasteiger partial charge in [0.05, 0.1) is 18.9 Å². The minimum Gasteiger partial charge on any atom is -0.492 e. The summed E-state index contributed by atoms with van der Waals surface area (Å²) in [6.07, 6.45) is 8.94. The molecule has 1 amide bonds. The number of aliphatic hydroxyl groups excluding tert-OH is 1. The normalized spacial score (nSPS) is 14.5. The summed E-state index contributed by atoms with van der Waals surface area (Å²) in [6.45, 7) is 15.0. The molecule has 0 aliphatic heterocycles. The first-order chi connectivity index (χ1) is 19.9. The topological polar surface area (TPSA) is 130 Å². The van der Waals surface area contributed by atoms with Gasteiger partial charge in [-0.3, -0.25) is 10.1 Å². The van der Waals surface area contributed by atoms with Crippen molar-refractivity contribution in [3.8, 4) is 5.75 Å². The highest BCUT2D eigenvalue weighted by atomic mass is 16.5. The Morgan fingerprint density at radius 1 is 1.02 bits per heavy atom. The Bertz CT molecular complexity index is 875. The Morgan fingerprint density at radius 3 is 2.39 bits per heavy atom. The number of hydrogen-bond acceptors (Lipinski definition) is 8. The summed E-state index contributed by atoms with van der Waals surface area (Å²) in [6, 6.07) is 8.06. The fourth-order valence-electron chi connectivity index (χ4n) is 4.46. The number of carbonyl (C=O) groups is 1. The molecule has 0 aliphatic rings. The average Bonchev–Trinajstić information content (AvgIpc) is 2.98. The summed E-state index contributed by atoms with van der Waals surface area (Å²) in [5.41, 5.74) is 9.65. The maximum Gasteiger partial charge on any atom is 0.238 e. The van der Waals surface area contributed by atoms with Gasteiger partial charge in [0.2, 0.25) is 5.91 Å². The Kier molecular flexibility index (Phi) is 20.9. The number of rotatable bonds is 24. The molecule has 0 bridgehead atoms. The second-order valence-electron chi connectivity index (χ2n) is 10.2. The summed E-state index contributed by atoms with van der Waals surface area (Å²) < 4.78 is 11.8. The van der Waals surface area contributed by atoms with E-state index in [1.807, 2.05) is 0 Å². The van der Waals surface area contributed by atoms with E-state index in [1.54, 1.807) is 0 Å². The number of amides is 1. The van der Waals surface area contributed by atoms with E-state index in [0.29, 0.717) is 38.8 Å². The zero-order chi connectivity index (χ0) is 30.3. The van der Waals surface area contributed by atoms with Crippen molar-refractivity contribution in [3.05, 3.63) is 53.1 Å². The van der Waals surface area contributed by atoms with E-state index in [1.165, 1.54) is 16.7 Å². The van der Waals surface area contributed by atoms with Gasteiger partial charge in [0.15, 0.2) is 0 Å². The maximum atomic E-state index is 12.0. The third kappa shape index (κ3) is 16.1. The van der Waals surface area contributed by atoms with E-state index in [0.717, 1.165) is 51.1 Å². The minimum atomic E-state index is -0.414. The van der Waals surface area contributed by atoms with Gasteiger partial charge in [-0.1, -0.05) is 63.1 Å². The molecule has 0 radical (unpaired) electrons. The first-order valence-electron chi connectivity index (χ1n) is 15.3. The lowest BCUT2D eigenvalue weighted by Gasteiger charge is -2.18. The molecule has 0 aromatic heterocycles. The first-order valence-corrected chi connectivity index (χ1v) is 15.3. The minimum absolute atomic E-state index is 0.0774. The molecule has 2 unspecified atom stereocenters. The summed E-state index contributed by atoms with van der Waals surface area (Å²) in [7, 11) is 0. The lowest BCUT2D eigenvalue weighted by atomic mass is 9.90. The Hall–Kier alpha value is -2.27. The molecule has 234 valence electrons. The Balaban J connectivity index is 2.19. The predicted octanol–water partition coefficient (Wildman–Crippen LogP) is 3.56. The molecular formula is C32H57N5O4. The van der Waals surface area contributed by atoms with Crippen LogP contribution in [0, 0.1) is 0 Å². The highest BCUT2D eigenvalue weighted by Crippen LogP contribution is 2.27.